The maximum absolute atomic E-state index is 10.00. The summed E-state index contributed by atoms with van der Waals surface area (Å²) >= 11 is 6.20. The van der Waals surface area contributed by atoms with E-state index in [1.165, 1.54) is 0 Å². The van der Waals surface area contributed by atoms with Crippen molar-refractivity contribution < 1.29 is 9.84 Å². The summed E-state index contributed by atoms with van der Waals surface area (Å²) in [6.07, 6.45) is 0.126. The zero-order valence-corrected chi connectivity index (χ0v) is 12.7. The summed E-state index contributed by atoms with van der Waals surface area (Å²) in [5.41, 5.74) is 2.41. The molecule has 0 fully saturated rings. The Morgan fingerprint density at radius 1 is 1.40 bits per heavy atom. The summed E-state index contributed by atoms with van der Waals surface area (Å²) in [5.74, 6) is 0.678. The minimum Gasteiger partial charge on any atom is -0.487 e. The number of aliphatic hydroxyl groups is 1. The van der Waals surface area contributed by atoms with E-state index in [0.29, 0.717) is 23.8 Å². The van der Waals surface area contributed by atoms with Gasteiger partial charge in [0.1, 0.15) is 12.4 Å². The summed E-state index contributed by atoms with van der Waals surface area (Å²) in [5, 5.41) is 14.9. The van der Waals surface area contributed by atoms with Crippen molar-refractivity contribution in [1.82, 2.24) is 9.78 Å². The van der Waals surface area contributed by atoms with Crippen LogP contribution in [-0.4, -0.2) is 14.9 Å². The summed E-state index contributed by atoms with van der Waals surface area (Å²) in [6.45, 7) is 4.12. The number of hydrogen-bond acceptors (Lipinski definition) is 3. The molecule has 4 nitrogen and oxygen atoms in total. The van der Waals surface area contributed by atoms with Gasteiger partial charge in [0.15, 0.2) is 0 Å². The highest BCUT2D eigenvalue weighted by molar-refractivity contribution is 6.31. The predicted molar refractivity (Wildman–Crippen MR) is 79.0 cm³/mol. The third kappa shape index (κ3) is 2.97. The molecule has 0 saturated carbocycles. The molecule has 5 heteroatoms. The fourth-order valence-corrected chi connectivity index (χ4v) is 2.30. The SMILES string of the molecule is CCC(O)c1ccccc1OCc1c(Cl)c(C)nn1C. The Morgan fingerprint density at radius 2 is 2.10 bits per heavy atom. The molecule has 1 unspecified atom stereocenters. The second-order valence-electron chi connectivity index (χ2n) is 4.72. The van der Waals surface area contributed by atoms with Gasteiger partial charge in [-0.1, -0.05) is 36.7 Å². The summed E-state index contributed by atoms with van der Waals surface area (Å²) in [7, 11) is 1.84. The Kier molecular flexibility index (Phi) is 4.68. The van der Waals surface area contributed by atoms with Gasteiger partial charge in [0.05, 0.1) is 22.5 Å². The summed E-state index contributed by atoms with van der Waals surface area (Å²) < 4.78 is 7.53. The van der Waals surface area contributed by atoms with Crippen molar-refractivity contribution in [2.75, 3.05) is 0 Å². The van der Waals surface area contributed by atoms with Gasteiger partial charge in [-0.15, -0.1) is 0 Å². The van der Waals surface area contributed by atoms with Crippen LogP contribution in [0.5, 0.6) is 5.75 Å². The fourth-order valence-electron chi connectivity index (χ4n) is 2.09. The van der Waals surface area contributed by atoms with Gasteiger partial charge in [0.25, 0.3) is 0 Å². The lowest BCUT2D eigenvalue weighted by molar-refractivity contribution is 0.166. The molecule has 1 heterocycles. The molecule has 1 atom stereocenters. The molecule has 0 saturated heterocycles. The van der Waals surface area contributed by atoms with Crippen LogP contribution in [0.25, 0.3) is 0 Å². The van der Waals surface area contributed by atoms with Crippen LogP contribution in [0.1, 0.15) is 36.4 Å². The first-order valence-corrected chi connectivity index (χ1v) is 7.00. The molecule has 2 aromatic rings. The standard InChI is InChI=1S/C15H19ClN2O2/c1-4-13(19)11-7-5-6-8-14(11)20-9-12-15(16)10(2)17-18(12)3/h5-8,13,19H,4,9H2,1-3H3. The van der Waals surface area contributed by atoms with Crippen LogP contribution in [0, 0.1) is 6.92 Å². The number of ether oxygens (including phenoxy) is 1. The lowest BCUT2D eigenvalue weighted by Gasteiger charge is -2.15. The normalized spacial score (nSPS) is 12.4. The molecule has 0 aliphatic carbocycles. The van der Waals surface area contributed by atoms with Crippen molar-refractivity contribution in [3.8, 4) is 5.75 Å². The molecule has 1 aromatic carbocycles. The number of para-hydroxylation sites is 1. The van der Waals surface area contributed by atoms with E-state index >= 15 is 0 Å². The van der Waals surface area contributed by atoms with Gasteiger partial charge in [0.2, 0.25) is 0 Å². The lowest BCUT2D eigenvalue weighted by Crippen LogP contribution is -2.06. The minimum atomic E-state index is -0.519. The summed E-state index contributed by atoms with van der Waals surface area (Å²) in [6, 6.07) is 7.50. The lowest BCUT2D eigenvalue weighted by atomic mass is 10.1. The van der Waals surface area contributed by atoms with Crippen LogP contribution in [0.2, 0.25) is 5.02 Å². The second-order valence-corrected chi connectivity index (χ2v) is 5.10. The number of rotatable bonds is 5. The molecule has 20 heavy (non-hydrogen) atoms. The number of aryl methyl sites for hydroxylation is 2. The van der Waals surface area contributed by atoms with E-state index in [0.717, 1.165) is 17.0 Å². The van der Waals surface area contributed by atoms with Gasteiger partial charge in [-0.3, -0.25) is 4.68 Å². The molecular weight excluding hydrogens is 276 g/mol. The van der Waals surface area contributed by atoms with E-state index in [9.17, 15) is 5.11 Å². The Morgan fingerprint density at radius 3 is 2.70 bits per heavy atom. The van der Waals surface area contributed by atoms with Crippen LogP contribution in [0.3, 0.4) is 0 Å². The van der Waals surface area contributed by atoms with Crippen molar-refractivity contribution in [1.29, 1.82) is 0 Å². The van der Waals surface area contributed by atoms with Crippen molar-refractivity contribution in [3.05, 3.63) is 46.2 Å². The number of nitrogens with zero attached hydrogens (tertiary/aromatic N) is 2. The van der Waals surface area contributed by atoms with Gasteiger partial charge in [-0.2, -0.15) is 5.10 Å². The van der Waals surface area contributed by atoms with E-state index < -0.39 is 6.10 Å². The highest BCUT2D eigenvalue weighted by Crippen LogP contribution is 2.28. The van der Waals surface area contributed by atoms with Crippen LogP contribution in [-0.2, 0) is 13.7 Å². The number of benzene rings is 1. The van der Waals surface area contributed by atoms with Crippen LogP contribution < -0.4 is 4.74 Å². The van der Waals surface area contributed by atoms with Crippen molar-refractivity contribution in [3.63, 3.8) is 0 Å². The van der Waals surface area contributed by atoms with Gasteiger partial charge in [0, 0.05) is 12.6 Å². The largest absolute Gasteiger partial charge is 0.487 e. The highest BCUT2D eigenvalue weighted by atomic mass is 35.5. The molecule has 0 spiro atoms. The predicted octanol–water partition coefficient (Wildman–Crippen LogP) is 3.40. The average molecular weight is 295 g/mol. The number of halogens is 1. The van der Waals surface area contributed by atoms with Gasteiger partial charge < -0.3 is 9.84 Å². The summed E-state index contributed by atoms with van der Waals surface area (Å²) in [4.78, 5) is 0. The first kappa shape index (κ1) is 14.9. The minimum absolute atomic E-state index is 0.323. The Labute approximate surface area is 123 Å². The van der Waals surface area contributed by atoms with E-state index in [1.54, 1.807) is 4.68 Å². The highest BCUT2D eigenvalue weighted by Gasteiger charge is 2.14. The third-order valence-corrected chi connectivity index (χ3v) is 3.78. The van der Waals surface area contributed by atoms with Crippen LogP contribution >= 0.6 is 11.6 Å². The Bertz CT molecular complexity index is 596. The van der Waals surface area contributed by atoms with Crippen LogP contribution in [0.15, 0.2) is 24.3 Å². The zero-order valence-electron chi connectivity index (χ0n) is 11.9. The van der Waals surface area contributed by atoms with E-state index in [1.807, 2.05) is 45.2 Å². The molecule has 0 amide bonds. The van der Waals surface area contributed by atoms with Gasteiger partial charge in [-0.05, 0) is 19.4 Å². The molecule has 0 radical (unpaired) electrons. The van der Waals surface area contributed by atoms with Crippen LogP contribution in [0.4, 0.5) is 0 Å². The first-order chi connectivity index (χ1) is 9.54. The topological polar surface area (TPSA) is 47.3 Å². The van der Waals surface area contributed by atoms with Crippen molar-refractivity contribution in [2.24, 2.45) is 7.05 Å². The molecule has 0 aliphatic rings. The van der Waals surface area contributed by atoms with Gasteiger partial charge in [-0.25, -0.2) is 0 Å². The number of aromatic nitrogens is 2. The number of aliphatic hydroxyl groups excluding tert-OH is 1. The molecule has 0 aliphatic heterocycles. The first-order valence-electron chi connectivity index (χ1n) is 6.62. The molecule has 1 aromatic heterocycles. The molecule has 1 N–H and O–H groups in total. The fraction of sp³-hybridized carbons (Fsp3) is 0.400. The van der Waals surface area contributed by atoms with Crippen molar-refractivity contribution >= 4 is 11.6 Å². The molecule has 0 bridgehead atoms. The quantitative estimate of drug-likeness (QED) is 0.919. The van der Waals surface area contributed by atoms with E-state index in [2.05, 4.69) is 5.10 Å². The molecule has 2 rings (SSSR count). The Hall–Kier alpha value is -1.52. The third-order valence-electron chi connectivity index (χ3n) is 3.29. The monoisotopic (exact) mass is 294 g/mol. The van der Waals surface area contributed by atoms with Gasteiger partial charge >= 0.3 is 0 Å². The van der Waals surface area contributed by atoms with Crippen molar-refractivity contribution in [2.45, 2.75) is 33.0 Å². The Balaban J connectivity index is 2.19. The van der Waals surface area contributed by atoms with E-state index in [-0.39, 0.29) is 0 Å². The maximum atomic E-state index is 10.00. The number of hydrogen-bond donors (Lipinski definition) is 1. The van der Waals surface area contributed by atoms with E-state index in [4.69, 9.17) is 16.3 Å². The smallest absolute Gasteiger partial charge is 0.131 e. The molecular formula is C15H19ClN2O2. The molecule has 108 valence electrons. The zero-order chi connectivity index (χ0) is 14.7. The average Bonchev–Trinajstić information content (AvgIpc) is 2.70. The maximum Gasteiger partial charge on any atom is 0.131 e. The second kappa shape index (κ2) is 6.29.